The van der Waals surface area contributed by atoms with Gasteiger partial charge in [-0.25, -0.2) is 21.6 Å². The zero-order valence-electron chi connectivity index (χ0n) is 14.3. The number of anilines is 1. The summed E-state index contributed by atoms with van der Waals surface area (Å²) in [6, 6.07) is 11.3. The molecule has 0 spiro atoms. The lowest BCUT2D eigenvalue weighted by Gasteiger charge is -2.34. The van der Waals surface area contributed by atoms with Crippen molar-refractivity contribution >= 4 is 31.5 Å². The van der Waals surface area contributed by atoms with Crippen LogP contribution in [0.15, 0.2) is 58.3 Å². The molecule has 0 aliphatic carbocycles. The number of hydrogen-bond donors (Lipinski definition) is 1. The minimum absolute atomic E-state index is 0.00845. The Labute approximate surface area is 157 Å². The van der Waals surface area contributed by atoms with Crippen molar-refractivity contribution in [1.29, 1.82) is 0 Å². The van der Waals surface area contributed by atoms with Gasteiger partial charge in [0.2, 0.25) is 6.10 Å². The Hall–Kier alpha value is -2.59. The molecule has 0 fully saturated rings. The summed E-state index contributed by atoms with van der Waals surface area (Å²) in [6.07, 6.45) is -1.41. The van der Waals surface area contributed by atoms with E-state index in [1.807, 2.05) is 0 Å². The smallest absolute Gasteiger partial charge is 0.346 e. The Balaban J connectivity index is 2.19. The third kappa shape index (κ3) is 3.50. The van der Waals surface area contributed by atoms with Crippen LogP contribution in [-0.4, -0.2) is 46.3 Å². The number of carboxylic acid groups (broad SMARTS) is 1. The van der Waals surface area contributed by atoms with E-state index >= 15 is 0 Å². The van der Waals surface area contributed by atoms with E-state index in [9.17, 15) is 26.7 Å². The van der Waals surface area contributed by atoms with E-state index in [1.165, 1.54) is 37.3 Å². The molecule has 27 heavy (non-hydrogen) atoms. The maximum absolute atomic E-state index is 13.1. The van der Waals surface area contributed by atoms with Gasteiger partial charge in [0, 0.05) is 0 Å². The largest absolute Gasteiger partial charge is 0.478 e. The van der Waals surface area contributed by atoms with Gasteiger partial charge in [0.1, 0.15) is 5.75 Å². The van der Waals surface area contributed by atoms with Crippen LogP contribution >= 0.6 is 0 Å². The number of hydrogen-bond acceptors (Lipinski definition) is 6. The highest BCUT2D eigenvalue weighted by Gasteiger charge is 2.38. The molecule has 1 atom stereocenters. The monoisotopic (exact) mass is 411 g/mol. The van der Waals surface area contributed by atoms with E-state index in [-0.39, 0.29) is 27.0 Å². The number of rotatable bonds is 5. The lowest BCUT2D eigenvalue weighted by Crippen LogP contribution is -2.47. The van der Waals surface area contributed by atoms with Gasteiger partial charge < -0.3 is 9.84 Å². The number of carboxylic acids is 1. The second-order valence-electron chi connectivity index (χ2n) is 5.83. The molecule has 0 amide bonds. The van der Waals surface area contributed by atoms with Crippen molar-refractivity contribution < 1.29 is 31.5 Å². The predicted molar refractivity (Wildman–Crippen MR) is 97.2 cm³/mol. The minimum Gasteiger partial charge on any atom is -0.478 e. The summed E-state index contributed by atoms with van der Waals surface area (Å²) in [7, 11) is -7.70. The van der Waals surface area contributed by atoms with Gasteiger partial charge in [-0.15, -0.1) is 0 Å². The quantitative estimate of drug-likeness (QED) is 0.792. The standard InChI is InChI=1S/C17H17NO7S2/c1-2-26(21,22)13-8-9-15-14(10-13)18(11-16(25-15)17(19)20)27(23,24)12-6-4-3-5-7-12/h3-10,16H,2,11H2,1H3,(H,19,20)/t16-/m1/s1. The molecule has 1 aliphatic rings. The normalized spacial score (nSPS) is 17.1. The highest BCUT2D eigenvalue weighted by Crippen LogP contribution is 2.38. The van der Waals surface area contributed by atoms with Gasteiger partial charge in [-0.1, -0.05) is 25.1 Å². The second kappa shape index (κ2) is 6.86. The number of fused-ring (bicyclic) bond motifs is 1. The molecular formula is C17H17NO7S2. The molecule has 2 aromatic carbocycles. The zero-order valence-corrected chi connectivity index (χ0v) is 15.9. The molecule has 2 aromatic rings. The molecular weight excluding hydrogens is 394 g/mol. The molecule has 144 valence electrons. The number of carbonyl (C=O) groups is 1. The summed E-state index contributed by atoms with van der Waals surface area (Å²) >= 11 is 0. The topological polar surface area (TPSA) is 118 Å². The molecule has 1 heterocycles. The molecule has 0 saturated heterocycles. The third-order valence-electron chi connectivity index (χ3n) is 4.15. The average molecular weight is 411 g/mol. The van der Waals surface area contributed by atoms with Crippen LogP contribution in [-0.2, 0) is 24.7 Å². The molecule has 3 rings (SSSR count). The Morgan fingerprint density at radius 1 is 1.11 bits per heavy atom. The van der Waals surface area contributed by atoms with E-state index in [4.69, 9.17) is 4.74 Å². The van der Waals surface area contributed by atoms with Gasteiger partial charge >= 0.3 is 5.97 Å². The Bertz CT molecular complexity index is 1080. The molecule has 10 heteroatoms. The van der Waals surface area contributed by atoms with E-state index in [2.05, 4.69) is 0 Å². The maximum Gasteiger partial charge on any atom is 0.346 e. The molecule has 8 nitrogen and oxygen atoms in total. The fraction of sp³-hybridized carbons (Fsp3) is 0.235. The summed E-state index contributed by atoms with van der Waals surface area (Å²) in [5.74, 6) is -1.49. The second-order valence-corrected chi connectivity index (χ2v) is 9.97. The Morgan fingerprint density at radius 3 is 2.37 bits per heavy atom. The number of sulfonamides is 1. The first-order valence-corrected chi connectivity index (χ1v) is 11.1. The van der Waals surface area contributed by atoms with Gasteiger partial charge in [0.05, 0.1) is 27.8 Å². The number of nitrogens with zero attached hydrogens (tertiary/aromatic N) is 1. The molecule has 0 saturated carbocycles. The summed E-state index contributed by atoms with van der Waals surface area (Å²) < 4.78 is 56.8. The number of ether oxygens (including phenoxy) is 1. The molecule has 0 radical (unpaired) electrons. The number of benzene rings is 2. The van der Waals surface area contributed by atoms with E-state index in [0.29, 0.717) is 0 Å². The van der Waals surface area contributed by atoms with Crippen molar-refractivity contribution in [2.75, 3.05) is 16.6 Å². The Morgan fingerprint density at radius 2 is 1.78 bits per heavy atom. The molecule has 0 aromatic heterocycles. The first-order chi connectivity index (χ1) is 12.7. The van der Waals surface area contributed by atoms with Gasteiger partial charge in [-0.05, 0) is 30.3 Å². The van der Waals surface area contributed by atoms with E-state index in [0.717, 1.165) is 4.31 Å². The van der Waals surface area contributed by atoms with Crippen molar-refractivity contribution in [2.45, 2.75) is 22.8 Å². The highest BCUT2D eigenvalue weighted by atomic mass is 32.2. The average Bonchev–Trinajstić information content (AvgIpc) is 2.67. The van der Waals surface area contributed by atoms with Gasteiger partial charge in [0.25, 0.3) is 10.0 Å². The van der Waals surface area contributed by atoms with Crippen LogP contribution in [0, 0.1) is 0 Å². The predicted octanol–water partition coefficient (Wildman–Crippen LogP) is 1.52. The SMILES string of the molecule is CCS(=O)(=O)c1ccc2c(c1)N(S(=O)(=O)c1ccccc1)C[C@H](C(=O)O)O2. The Kier molecular flexibility index (Phi) is 4.87. The van der Waals surface area contributed by atoms with Gasteiger partial charge in [-0.2, -0.15) is 0 Å². The molecule has 1 aliphatic heterocycles. The van der Waals surface area contributed by atoms with Gasteiger partial charge in [-0.3, -0.25) is 4.31 Å². The summed E-state index contributed by atoms with van der Waals surface area (Å²) in [4.78, 5) is 11.3. The van der Waals surface area contributed by atoms with Crippen LogP contribution in [0.25, 0.3) is 0 Å². The van der Waals surface area contributed by atoms with Crippen LogP contribution in [0.4, 0.5) is 5.69 Å². The van der Waals surface area contributed by atoms with Crippen LogP contribution in [0.3, 0.4) is 0 Å². The van der Waals surface area contributed by atoms with Crippen LogP contribution in [0.1, 0.15) is 6.92 Å². The van der Waals surface area contributed by atoms with Crippen molar-refractivity contribution in [3.05, 3.63) is 48.5 Å². The third-order valence-corrected chi connectivity index (χ3v) is 7.67. The number of sulfone groups is 1. The first-order valence-electron chi connectivity index (χ1n) is 8.01. The van der Waals surface area contributed by atoms with E-state index < -0.39 is 38.5 Å². The van der Waals surface area contributed by atoms with Crippen LogP contribution in [0.5, 0.6) is 5.75 Å². The van der Waals surface area contributed by atoms with E-state index in [1.54, 1.807) is 18.2 Å². The van der Waals surface area contributed by atoms with Crippen LogP contribution < -0.4 is 9.04 Å². The summed E-state index contributed by atoms with van der Waals surface area (Å²) in [5.41, 5.74) is -0.00845. The van der Waals surface area contributed by atoms with Crippen molar-refractivity contribution in [3.8, 4) is 5.75 Å². The summed E-state index contributed by atoms with van der Waals surface area (Å²) in [5, 5.41) is 9.30. The molecule has 0 bridgehead atoms. The fourth-order valence-electron chi connectivity index (χ4n) is 2.67. The highest BCUT2D eigenvalue weighted by molar-refractivity contribution is 7.93. The lowest BCUT2D eigenvalue weighted by atomic mass is 10.2. The van der Waals surface area contributed by atoms with Crippen molar-refractivity contribution in [3.63, 3.8) is 0 Å². The van der Waals surface area contributed by atoms with Crippen molar-refractivity contribution in [1.82, 2.24) is 0 Å². The molecule has 0 unspecified atom stereocenters. The van der Waals surface area contributed by atoms with Crippen LogP contribution in [0.2, 0.25) is 0 Å². The fourth-order valence-corrected chi connectivity index (χ4v) is 5.06. The first kappa shape index (κ1) is 19.2. The number of aliphatic carboxylic acids is 1. The molecule has 1 N–H and O–H groups in total. The zero-order chi connectivity index (χ0) is 19.8. The van der Waals surface area contributed by atoms with Gasteiger partial charge in [0.15, 0.2) is 9.84 Å². The summed E-state index contributed by atoms with van der Waals surface area (Å²) in [6.45, 7) is 0.999. The minimum atomic E-state index is -4.12. The lowest BCUT2D eigenvalue weighted by molar-refractivity contribution is -0.144. The maximum atomic E-state index is 13.1. The van der Waals surface area contributed by atoms with Crippen molar-refractivity contribution in [2.24, 2.45) is 0 Å².